The molecule has 142 valence electrons. The Hall–Kier alpha value is -0.890. The molecule has 0 saturated carbocycles. The van der Waals surface area contributed by atoms with Crippen molar-refractivity contribution >= 4 is 26.8 Å². The molecule has 1 fully saturated rings. The summed E-state index contributed by atoms with van der Waals surface area (Å²) in [6.45, 7) is 5.72. The summed E-state index contributed by atoms with van der Waals surface area (Å²) in [5.74, 6) is 3.52. The summed E-state index contributed by atoms with van der Waals surface area (Å²) in [5.41, 5.74) is 0.928. The summed E-state index contributed by atoms with van der Waals surface area (Å²) in [5, 5.41) is 0. The van der Waals surface area contributed by atoms with E-state index in [1.165, 1.54) is 25.0 Å². The molecule has 0 unspecified atom stereocenters. The van der Waals surface area contributed by atoms with Crippen molar-refractivity contribution in [2.24, 2.45) is 0 Å². The molecule has 1 saturated heterocycles. The lowest BCUT2D eigenvalue weighted by molar-refractivity contribution is -0.116. The van der Waals surface area contributed by atoms with Gasteiger partial charge in [-0.05, 0) is 36.4 Å². The van der Waals surface area contributed by atoms with E-state index < -0.39 is 10.1 Å². The number of benzene rings is 1. The Morgan fingerprint density at radius 3 is 2.28 bits per heavy atom. The molecule has 0 amide bonds. The van der Waals surface area contributed by atoms with Crippen molar-refractivity contribution in [2.45, 2.75) is 44.4 Å². The van der Waals surface area contributed by atoms with Gasteiger partial charge in [-0.3, -0.25) is 4.79 Å². The molecule has 1 aliphatic rings. The van der Waals surface area contributed by atoms with Crippen molar-refractivity contribution in [1.29, 1.82) is 0 Å². The summed E-state index contributed by atoms with van der Waals surface area (Å²) in [6.07, 6.45) is 4.29. The van der Waals surface area contributed by atoms with Crippen LogP contribution in [0.2, 0.25) is 0 Å². The molecule has 2 rings (SSSR count). The van der Waals surface area contributed by atoms with Crippen LogP contribution in [-0.4, -0.2) is 49.2 Å². The fraction of sp³-hybridized carbons (Fsp3) is 0.611. The third kappa shape index (κ3) is 9.99. The molecule has 7 heteroatoms. The Labute approximate surface area is 154 Å². The lowest BCUT2D eigenvalue weighted by Gasteiger charge is -2.13. The van der Waals surface area contributed by atoms with E-state index in [4.69, 9.17) is 4.74 Å². The van der Waals surface area contributed by atoms with E-state index in [-0.39, 0.29) is 4.90 Å². The Morgan fingerprint density at radius 1 is 1.16 bits per heavy atom. The zero-order chi connectivity index (χ0) is 18.7. The minimum atomic E-state index is -4.27. The average Bonchev–Trinajstić information content (AvgIpc) is 2.56. The Balaban J connectivity index is 0.000000257. The highest BCUT2D eigenvalue weighted by Crippen LogP contribution is 2.09. The first-order chi connectivity index (χ1) is 11.8. The van der Waals surface area contributed by atoms with Crippen LogP contribution in [0, 0.1) is 6.92 Å². The largest absolute Gasteiger partial charge is 0.744 e. The van der Waals surface area contributed by atoms with Gasteiger partial charge >= 0.3 is 0 Å². The number of hydrogen-bond acceptors (Lipinski definition) is 5. The van der Waals surface area contributed by atoms with Gasteiger partial charge in [0.2, 0.25) is 0 Å². The molecule has 1 aromatic rings. The highest BCUT2D eigenvalue weighted by atomic mass is 32.2. The number of aryl methyl sites for hydroxylation is 1. The maximum Gasteiger partial charge on any atom is 0.181 e. The molecule has 0 aliphatic carbocycles. The van der Waals surface area contributed by atoms with Gasteiger partial charge in [0, 0.05) is 6.42 Å². The third-order valence-electron chi connectivity index (χ3n) is 3.77. The molecule has 0 N–H and O–H groups in total. The number of rotatable bonds is 7. The quantitative estimate of drug-likeness (QED) is 0.407. The second kappa shape index (κ2) is 11.7. The van der Waals surface area contributed by atoms with E-state index in [1.54, 1.807) is 12.1 Å². The summed E-state index contributed by atoms with van der Waals surface area (Å²) in [6, 6.07) is 5.78. The molecule has 0 spiro atoms. The summed E-state index contributed by atoms with van der Waals surface area (Å²) < 4.78 is 36.4. The van der Waals surface area contributed by atoms with Gasteiger partial charge in [0.25, 0.3) is 0 Å². The Bertz CT molecular complexity index is 605. The Morgan fingerprint density at radius 2 is 1.76 bits per heavy atom. The minimum absolute atomic E-state index is 0.178. The van der Waals surface area contributed by atoms with Crippen molar-refractivity contribution in [1.82, 2.24) is 0 Å². The van der Waals surface area contributed by atoms with Gasteiger partial charge in [0.05, 0.1) is 18.1 Å². The highest BCUT2D eigenvalue weighted by molar-refractivity contribution is 7.97. The summed E-state index contributed by atoms with van der Waals surface area (Å²) in [4.78, 5) is 11.4. The first-order valence-electron chi connectivity index (χ1n) is 8.59. The van der Waals surface area contributed by atoms with Crippen LogP contribution in [0.25, 0.3) is 0 Å². The number of Topliss-reactive ketones (excluding diaryl/α,β-unsaturated/α-hetero) is 1. The number of carbonyl (C=O) groups excluding carboxylic acids is 1. The third-order valence-corrected chi connectivity index (χ3v) is 6.83. The van der Waals surface area contributed by atoms with Crippen LogP contribution in [0.1, 0.15) is 38.2 Å². The van der Waals surface area contributed by atoms with E-state index in [9.17, 15) is 17.8 Å². The van der Waals surface area contributed by atoms with Crippen molar-refractivity contribution in [3.8, 4) is 0 Å². The smallest absolute Gasteiger partial charge is 0.181 e. The summed E-state index contributed by atoms with van der Waals surface area (Å²) in [7, 11) is -3.92. The maximum atomic E-state index is 11.6. The molecule has 0 aromatic heterocycles. The molecule has 5 nitrogen and oxygen atoms in total. The van der Waals surface area contributed by atoms with Crippen LogP contribution in [0.15, 0.2) is 29.2 Å². The van der Waals surface area contributed by atoms with Gasteiger partial charge in [0.15, 0.2) is 11.5 Å². The lowest BCUT2D eigenvalue weighted by atomic mass is 10.2. The average molecular weight is 389 g/mol. The zero-order valence-electron chi connectivity index (χ0n) is 15.0. The second-order valence-electron chi connectivity index (χ2n) is 6.04. The van der Waals surface area contributed by atoms with E-state index in [0.29, 0.717) is 16.7 Å². The highest BCUT2D eigenvalue weighted by Gasteiger charge is 2.24. The molecule has 1 aromatic carbocycles. The molecule has 1 heterocycles. The van der Waals surface area contributed by atoms with Crippen molar-refractivity contribution < 1.29 is 22.5 Å². The van der Waals surface area contributed by atoms with E-state index in [2.05, 4.69) is 6.92 Å². The maximum absolute atomic E-state index is 11.6. The second-order valence-corrected chi connectivity index (χ2v) is 9.75. The number of hydrogen-bond donors (Lipinski definition) is 0. The van der Waals surface area contributed by atoms with E-state index in [1.807, 2.05) is 6.92 Å². The summed E-state index contributed by atoms with van der Waals surface area (Å²) >= 11 is 0. The molecular formula is C18H28O5S2. The topological polar surface area (TPSA) is 83.5 Å². The van der Waals surface area contributed by atoms with Gasteiger partial charge in [-0.25, -0.2) is 8.42 Å². The van der Waals surface area contributed by atoms with Gasteiger partial charge in [0.1, 0.15) is 21.6 Å². The predicted molar refractivity (Wildman–Crippen MR) is 101 cm³/mol. The zero-order valence-corrected chi connectivity index (χ0v) is 16.7. The lowest BCUT2D eigenvalue weighted by Crippen LogP contribution is -2.31. The molecular weight excluding hydrogens is 360 g/mol. The van der Waals surface area contributed by atoms with Crippen LogP contribution in [0.3, 0.4) is 0 Å². The van der Waals surface area contributed by atoms with Crippen molar-refractivity contribution in [3.05, 3.63) is 29.8 Å². The molecule has 25 heavy (non-hydrogen) atoms. The number of carbonyl (C=O) groups is 1. The standard InChI is InChI=1S/C11H21O2S.C7H8O3S/c1-2-3-4-5-11(12)10-14-8-6-13-7-9-14;1-6-2-4-7(5-3-6)11(8,9)10/h2-10H2,1H3;2-5H,1H3,(H,8,9,10)/q+1;/p-1. The van der Waals surface area contributed by atoms with Gasteiger partial charge in [-0.2, -0.15) is 0 Å². The first kappa shape index (κ1) is 22.2. The molecule has 1 aliphatic heterocycles. The minimum Gasteiger partial charge on any atom is -0.744 e. The van der Waals surface area contributed by atoms with Gasteiger partial charge < -0.3 is 9.29 Å². The fourth-order valence-electron chi connectivity index (χ4n) is 2.28. The SMILES string of the molecule is CCCCCC(=O)C[S+]1CCOCC1.Cc1ccc(S(=O)(=O)[O-])cc1. The molecule has 0 radical (unpaired) electrons. The first-order valence-corrected chi connectivity index (χ1v) is 11.7. The molecule has 0 atom stereocenters. The number of ether oxygens (including phenoxy) is 1. The monoisotopic (exact) mass is 388 g/mol. The van der Waals surface area contributed by atoms with Crippen molar-refractivity contribution in [3.63, 3.8) is 0 Å². The van der Waals surface area contributed by atoms with Gasteiger partial charge in [-0.1, -0.05) is 37.5 Å². The van der Waals surface area contributed by atoms with Crippen LogP contribution < -0.4 is 0 Å². The predicted octanol–water partition coefficient (Wildman–Crippen LogP) is 2.68. The van der Waals surface area contributed by atoms with Crippen LogP contribution in [-0.2, 0) is 30.5 Å². The number of unbranched alkanes of at least 4 members (excludes halogenated alkanes) is 2. The number of ketones is 1. The van der Waals surface area contributed by atoms with E-state index >= 15 is 0 Å². The van der Waals surface area contributed by atoms with Gasteiger partial charge in [-0.15, -0.1) is 0 Å². The van der Waals surface area contributed by atoms with Crippen molar-refractivity contribution in [2.75, 3.05) is 30.5 Å². The fourth-order valence-corrected chi connectivity index (χ4v) is 4.55. The van der Waals surface area contributed by atoms with Crippen LogP contribution in [0.4, 0.5) is 0 Å². The van der Waals surface area contributed by atoms with Crippen LogP contribution >= 0.6 is 0 Å². The van der Waals surface area contributed by atoms with E-state index in [0.717, 1.165) is 48.9 Å². The normalized spacial score (nSPS) is 15.3. The Kier molecular flexibility index (Phi) is 10.3. The molecule has 0 bridgehead atoms. The van der Waals surface area contributed by atoms with Crippen LogP contribution in [0.5, 0.6) is 0 Å².